The number of piperazine rings is 1. The van der Waals surface area contributed by atoms with Crippen LogP contribution in [-0.2, 0) is 4.79 Å². The van der Waals surface area contributed by atoms with Crippen molar-refractivity contribution in [3.8, 4) is 0 Å². The van der Waals surface area contributed by atoms with Gasteiger partial charge in [-0.2, -0.15) is 0 Å². The summed E-state index contributed by atoms with van der Waals surface area (Å²) in [6.45, 7) is 12.5. The highest BCUT2D eigenvalue weighted by Crippen LogP contribution is 2.19. The van der Waals surface area contributed by atoms with Crippen molar-refractivity contribution >= 4 is 5.91 Å². The average molecular weight is 241 g/mol. The molecular weight excluding hydrogens is 214 g/mol. The van der Waals surface area contributed by atoms with E-state index in [1.807, 2.05) is 11.9 Å². The van der Waals surface area contributed by atoms with Crippen LogP contribution in [0.4, 0.5) is 0 Å². The normalized spacial score (nSPS) is 18.1. The van der Waals surface area contributed by atoms with Crippen molar-refractivity contribution in [1.82, 2.24) is 15.1 Å². The van der Waals surface area contributed by atoms with Gasteiger partial charge in [0.2, 0.25) is 5.91 Å². The van der Waals surface area contributed by atoms with Crippen LogP contribution in [0.25, 0.3) is 0 Å². The molecule has 100 valence electrons. The third kappa shape index (κ3) is 6.03. The number of carbonyl (C=O) groups is 1. The van der Waals surface area contributed by atoms with E-state index in [-0.39, 0.29) is 11.3 Å². The van der Waals surface area contributed by atoms with Gasteiger partial charge in [-0.15, -0.1) is 0 Å². The second-order valence-electron chi connectivity index (χ2n) is 6.14. The average Bonchev–Trinajstić information content (AvgIpc) is 2.25. The minimum Gasteiger partial charge on any atom is -0.344 e. The summed E-state index contributed by atoms with van der Waals surface area (Å²) in [7, 11) is 1.91. The van der Waals surface area contributed by atoms with E-state index >= 15 is 0 Å². The predicted octanol–water partition coefficient (Wildman–Crippen LogP) is 0.786. The van der Waals surface area contributed by atoms with Crippen molar-refractivity contribution in [2.45, 2.75) is 27.2 Å². The topological polar surface area (TPSA) is 35.6 Å². The van der Waals surface area contributed by atoms with Crippen molar-refractivity contribution < 1.29 is 4.79 Å². The van der Waals surface area contributed by atoms with Gasteiger partial charge in [-0.25, -0.2) is 0 Å². The first kappa shape index (κ1) is 14.5. The Hall–Kier alpha value is -0.610. The SMILES string of the molecule is CN(CCN1CCNCC1)C(=O)CC(C)(C)C. The molecule has 0 aromatic heterocycles. The Balaban J connectivity index is 2.23. The number of rotatable bonds is 4. The summed E-state index contributed by atoms with van der Waals surface area (Å²) in [4.78, 5) is 16.2. The Morgan fingerprint density at radius 1 is 1.29 bits per heavy atom. The van der Waals surface area contributed by atoms with Crippen LogP contribution in [0.15, 0.2) is 0 Å². The molecule has 4 nitrogen and oxygen atoms in total. The van der Waals surface area contributed by atoms with Gasteiger partial charge in [0.15, 0.2) is 0 Å². The molecule has 1 rings (SSSR count). The maximum atomic E-state index is 11.9. The maximum Gasteiger partial charge on any atom is 0.222 e. The molecule has 0 saturated carbocycles. The molecule has 0 unspecified atom stereocenters. The number of hydrogen-bond acceptors (Lipinski definition) is 3. The maximum absolute atomic E-state index is 11.9. The van der Waals surface area contributed by atoms with Gasteiger partial charge in [-0.1, -0.05) is 20.8 Å². The molecule has 0 aromatic rings. The highest BCUT2D eigenvalue weighted by atomic mass is 16.2. The first-order chi connectivity index (χ1) is 7.88. The standard InChI is InChI=1S/C13H27N3O/c1-13(2,3)11-12(17)15(4)9-10-16-7-5-14-6-8-16/h14H,5-11H2,1-4H3. The molecule has 0 aromatic carbocycles. The zero-order valence-corrected chi connectivity index (χ0v) is 11.8. The fourth-order valence-corrected chi connectivity index (χ4v) is 1.94. The fraction of sp³-hybridized carbons (Fsp3) is 0.923. The van der Waals surface area contributed by atoms with Gasteiger partial charge in [0.1, 0.15) is 0 Å². The summed E-state index contributed by atoms with van der Waals surface area (Å²) in [5.41, 5.74) is 0.0837. The predicted molar refractivity (Wildman–Crippen MR) is 71.0 cm³/mol. The Labute approximate surface area is 105 Å². The van der Waals surface area contributed by atoms with E-state index in [0.29, 0.717) is 6.42 Å². The molecule has 1 aliphatic rings. The smallest absolute Gasteiger partial charge is 0.222 e. The van der Waals surface area contributed by atoms with E-state index in [4.69, 9.17) is 0 Å². The van der Waals surface area contributed by atoms with Crippen LogP contribution in [-0.4, -0.2) is 62.0 Å². The quantitative estimate of drug-likeness (QED) is 0.790. The van der Waals surface area contributed by atoms with E-state index < -0.39 is 0 Å². The minimum atomic E-state index is 0.0837. The van der Waals surface area contributed by atoms with Gasteiger partial charge in [-0.05, 0) is 5.41 Å². The number of amides is 1. The molecule has 0 aliphatic carbocycles. The van der Waals surface area contributed by atoms with Crippen LogP contribution in [0, 0.1) is 5.41 Å². The van der Waals surface area contributed by atoms with Crippen LogP contribution in [0.3, 0.4) is 0 Å². The first-order valence-corrected chi connectivity index (χ1v) is 6.55. The zero-order chi connectivity index (χ0) is 12.9. The van der Waals surface area contributed by atoms with Crippen molar-refractivity contribution in [3.63, 3.8) is 0 Å². The van der Waals surface area contributed by atoms with E-state index in [2.05, 4.69) is 31.0 Å². The molecule has 1 saturated heterocycles. The molecule has 1 aliphatic heterocycles. The monoisotopic (exact) mass is 241 g/mol. The van der Waals surface area contributed by atoms with E-state index in [1.165, 1.54) is 0 Å². The highest BCUT2D eigenvalue weighted by molar-refractivity contribution is 5.76. The molecule has 0 radical (unpaired) electrons. The third-order valence-electron chi connectivity index (χ3n) is 3.07. The second-order valence-corrected chi connectivity index (χ2v) is 6.14. The van der Waals surface area contributed by atoms with E-state index in [0.717, 1.165) is 39.3 Å². The molecule has 1 heterocycles. The summed E-state index contributed by atoms with van der Waals surface area (Å²) >= 11 is 0. The third-order valence-corrected chi connectivity index (χ3v) is 3.07. The summed E-state index contributed by atoms with van der Waals surface area (Å²) in [6.07, 6.45) is 0.630. The lowest BCUT2D eigenvalue weighted by atomic mass is 9.92. The number of hydrogen-bond donors (Lipinski definition) is 1. The Morgan fingerprint density at radius 2 is 1.88 bits per heavy atom. The number of nitrogens with zero attached hydrogens (tertiary/aromatic N) is 2. The van der Waals surface area contributed by atoms with Gasteiger partial charge < -0.3 is 10.2 Å². The van der Waals surface area contributed by atoms with Crippen molar-refractivity contribution in [3.05, 3.63) is 0 Å². The van der Waals surface area contributed by atoms with Gasteiger partial charge in [0.25, 0.3) is 0 Å². The number of nitrogens with one attached hydrogen (secondary N) is 1. The van der Waals surface area contributed by atoms with Gasteiger partial charge in [-0.3, -0.25) is 9.69 Å². The molecule has 0 spiro atoms. The van der Waals surface area contributed by atoms with Gasteiger partial charge >= 0.3 is 0 Å². The Kier molecular flexibility index (Phi) is 5.40. The number of likely N-dealkylation sites (N-methyl/N-ethyl adjacent to an activating group) is 1. The van der Waals surface area contributed by atoms with Crippen LogP contribution in [0.2, 0.25) is 0 Å². The molecular formula is C13H27N3O. The summed E-state index contributed by atoms with van der Waals surface area (Å²) in [5, 5.41) is 3.33. The first-order valence-electron chi connectivity index (χ1n) is 6.55. The molecule has 1 amide bonds. The zero-order valence-electron chi connectivity index (χ0n) is 11.8. The molecule has 17 heavy (non-hydrogen) atoms. The van der Waals surface area contributed by atoms with Crippen molar-refractivity contribution in [2.75, 3.05) is 46.3 Å². The summed E-state index contributed by atoms with van der Waals surface area (Å²) < 4.78 is 0. The lowest BCUT2D eigenvalue weighted by Gasteiger charge is -2.30. The summed E-state index contributed by atoms with van der Waals surface area (Å²) in [6, 6.07) is 0. The Bertz CT molecular complexity index is 242. The lowest BCUT2D eigenvalue weighted by molar-refractivity contribution is -0.131. The molecule has 4 heteroatoms. The highest BCUT2D eigenvalue weighted by Gasteiger charge is 2.19. The van der Waals surface area contributed by atoms with Crippen LogP contribution >= 0.6 is 0 Å². The molecule has 1 fully saturated rings. The van der Waals surface area contributed by atoms with Crippen LogP contribution in [0.5, 0.6) is 0 Å². The van der Waals surface area contributed by atoms with Crippen molar-refractivity contribution in [1.29, 1.82) is 0 Å². The largest absolute Gasteiger partial charge is 0.344 e. The molecule has 1 N–H and O–H groups in total. The van der Waals surface area contributed by atoms with E-state index in [1.54, 1.807) is 0 Å². The summed E-state index contributed by atoms with van der Waals surface area (Å²) in [5.74, 6) is 0.257. The van der Waals surface area contributed by atoms with Gasteiger partial charge in [0.05, 0.1) is 0 Å². The molecule has 0 atom stereocenters. The second kappa shape index (κ2) is 6.36. The van der Waals surface area contributed by atoms with Crippen LogP contribution in [0.1, 0.15) is 27.2 Å². The molecule has 0 bridgehead atoms. The Morgan fingerprint density at radius 3 is 2.41 bits per heavy atom. The van der Waals surface area contributed by atoms with Crippen molar-refractivity contribution in [2.24, 2.45) is 5.41 Å². The number of carbonyl (C=O) groups excluding carboxylic acids is 1. The van der Waals surface area contributed by atoms with Gasteiger partial charge in [0, 0.05) is 52.7 Å². The van der Waals surface area contributed by atoms with Crippen LogP contribution < -0.4 is 5.32 Å². The fourth-order valence-electron chi connectivity index (χ4n) is 1.94. The van der Waals surface area contributed by atoms with E-state index in [9.17, 15) is 4.79 Å². The minimum absolute atomic E-state index is 0.0837. The lowest BCUT2D eigenvalue weighted by Crippen LogP contribution is -2.46.